The Kier molecular flexibility index (Phi) is 4.91. The normalized spacial score (nSPS) is 10.6. The summed E-state index contributed by atoms with van der Waals surface area (Å²) >= 11 is 5.96. The third kappa shape index (κ3) is 3.80. The lowest BCUT2D eigenvalue weighted by Crippen LogP contribution is -2.10. The third-order valence-electron chi connectivity index (χ3n) is 4.10. The lowest BCUT2D eigenvalue weighted by atomic mass is 10.2. The molecule has 0 aliphatic rings. The van der Waals surface area contributed by atoms with Crippen LogP contribution in [0.15, 0.2) is 77.2 Å². The lowest BCUT2D eigenvalue weighted by Gasteiger charge is -2.07. The molecule has 3 aromatic carbocycles. The maximum absolute atomic E-state index is 12.5. The largest absolute Gasteiger partial charge is 0.493 e. The highest BCUT2D eigenvalue weighted by molar-refractivity contribution is 6.30. The molecule has 6 heteroatoms. The lowest BCUT2D eigenvalue weighted by molar-refractivity contribution is 0.0998. The van der Waals surface area contributed by atoms with Crippen LogP contribution < -0.4 is 14.8 Å². The van der Waals surface area contributed by atoms with E-state index >= 15 is 0 Å². The van der Waals surface area contributed by atoms with E-state index in [-0.39, 0.29) is 11.7 Å². The van der Waals surface area contributed by atoms with Crippen molar-refractivity contribution in [2.45, 2.75) is 0 Å². The zero-order valence-electron chi connectivity index (χ0n) is 14.9. The molecule has 0 atom stereocenters. The zero-order chi connectivity index (χ0) is 19.5. The minimum Gasteiger partial charge on any atom is -0.493 e. The highest BCUT2D eigenvalue weighted by atomic mass is 35.5. The molecular weight excluding hydrogens is 378 g/mol. The maximum atomic E-state index is 12.5. The van der Waals surface area contributed by atoms with Crippen LogP contribution in [0.3, 0.4) is 0 Å². The van der Waals surface area contributed by atoms with Crippen LogP contribution in [0, 0.1) is 0 Å². The second-order valence-electron chi connectivity index (χ2n) is 6.03. The van der Waals surface area contributed by atoms with Crippen LogP contribution in [0.5, 0.6) is 17.2 Å². The maximum Gasteiger partial charge on any atom is 0.291 e. The first kappa shape index (κ1) is 17.9. The number of para-hydroxylation sites is 1. The quantitative estimate of drug-likeness (QED) is 0.442. The molecule has 0 radical (unpaired) electrons. The van der Waals surface area contributed by atoms with Gasteiger partial charge in [0.15, 0.2) is 17.1 Å². The van der Waals surface area contributed by atoms with Crippen LogP contribution in [0.1, 0.15) is 10.6 Å². The molecule has 1 amide bonds. The smallest absolute Gasteiger partial charge is 0.291 e. The van der Waals surface area contributed by atoms with Crippen LogP contribution in [0.25, 0.3) is 11.0 Å². The van der Waals surface area contributed by atoms with Gasteiger partial charge in [-0.15, -0.1) is 0 Å². The van der Waals surface area contributed by atoms with Gasteiger partial charge in [0.05, 0.1) is 7.11 Å². The van der Waals surface area contributed by atoms with Gasteiger partial charge in [0.2, 0.25) is 0 Å². The number of hydrogen-bond acceptors (Lipinski definition) is 4. The van der Waals surface area contributed by atoms with Crippen LogP contribution in [-0.2, 0) is 0 Å². The Morgan fingerprint density at radius 2 is 1.75 bits per heavy atom. The van der Waals surface area contributed by atoms with Crippen LogP contribution in [0.4, 0.5) is 5.69 Å². The number of furan rings is 1. The van der Waals surface area contributed by atoms with Crippen molar-refractivity contribution in [3.05, 3.63) is 83.6 Å². The molecule has 0 fully saturated rings. The minimum absolute atomic E-state index is 0.207. The number of carbonyl (C=O) groups excluding carboxylic acids is 1. The van der Waals surface area contributed by atoms with Gasteiger partial charge in [0, 0.05) is 16.1 Å². The van der Waals surface area contributed by atoms with E-state index in [2.05, 4.69) is 5.32 Å². The molecule has 28 heavy (non-hydrogen) atoms. The van der Waals surface area contributed by atoms with E-state index in [9.17, 15) is 4.79 Å². The fourth-order valence-electron chi connectivity index (χ4n) is 2.77. The number of ether oxygens (including phenoxy) is 2. The first-order valence-corrected chi connectivity index (χ1v) is 8.91. The summed E-state index contributed by atoms with van der Waals surface area (Å²) in [5.41, 5.74) is 1.16. The SMILES string of the molecule is COc1cccc2cc(C(=O)Nc3ccc(Oc4cccc(Cl)c4)cc3)oc12. The van der Waals surface area contributed by atoms with Crippen molar-refractivity contribution in [3.63, 3.8) is 0 Å². The summed E-state index contributed by atoms with van der Waals surface area (Å²) in [7, 11) is 1.56. The number of amides is 1. The van der Waals surface area contributed by atoms with E-state index in [1.165, 1.54) is 0 Å². The van der Waals surface area contributed by atoms with Gasteiger partial charge in [-0.2, -0.15) is 0 Å². The van der Waals surface area contributed by atoms with Crippen molar-refractivity contribution in [2.24, 2.45) is 0 Å². The summed E-state index contributed by atoms with van der Waals surface area (Å²) < 4.78 is 16.7. The first-order chi connectivity index (χ1) is 13.6. The van der Waals surface area contributed by atoms with Gasteiger partial charge in [0.25, 0.3) is 5.91 Å². The third-order valence-corrected chi connectivity index (χ3v) is 4.33. The highest BCUT2D eigenvalue weighted by Crippen LogP contribution is 2.29. The fourth-order valence-corrected chi connectivity index (χ4v) is 2.95. The summed E-state index contributed by atoms with van der Waals surface area (Å²) in [5.74, 6) is 1.72. The first-order valence-electron chi connectivity index (χ1n) is 8.54. The van der Waals surface area contributed by atoms with Crippen molar-refractivity contribution in [2.75, 3.05) is 12.4 Å². The molecule has 1 heterocycles. The van der Waals surface area contributed by atoms with Gasteiger partial charge >= 0.3 is 0 Å². The van der Waals surface area contributed by atoms with Crippen molar-refractivity contribution < 1.29 is 18.7 Å². The molecule has 140 valence electrons. The highest BCUT2D eigenvalue weighted by Gasteiger charge is 2.15. The Balaban J connectivity index is 1.47. The Bertz CT molecular complexity index is 1130. The number of hydrogen-bond donors (Lipinski definition) is 1. The molecule has 0 bridgehead atoms. The Labute approximate surface area is 166 Å². The molecule has 0 aliphatic carbocycles. The molecule has 0 aliphatic heterocycles. The molecular formula is C22H16ClNO4. The van der Waals surface area contributed by atoms with E-state index in [1.807, 2.05) is 24.3 Å². The summed E-state index contributed by atoms with van der Waals surface area (Å²) in [5, 5.41) is 4.21. The molecule has 4 rings (SSSR count). The molecule has 1 aromatic heterocycles. The van der Waals surface area contributed by atoms with Gasteiger partial charge in [-0.3, -0.25) is 4.79 Å². The van der Waals surface area contributed by atoms with Crippen LogP contribution in [0.2, 0.25) is 5.02 Å². The van der Waals surface area contributed by atoms with Gasteiger partial charge in [-0.25, -0.2) is 0 Å². The second kappa shape index (κ2) is 7.66. The van der Waals surface area contributed by atoms with Gasteiger partial charge < -0.3 is 19.2 Å². The summed E-state index contributed by atoms with van der Waals surface area (Å²) in [6.07, 6.45) is 0. The zero-order valence-corrected chi connectivity index (χ0v) is 15.7. The van der Waals surface area contributed by atoms with E-state index in [4.69, 9.17) is 25.5 Å². The van der Waals surface area contributed by atoms with E-state index < -0.39 is 0 Å². The van der Waals surface area contributed by atoms with Gasteiger partial charge in [0.1, 0.15) is 11.5 Å². The van der Waals surface area contributed by atoms with E-state index in [0.717, 1.165) is 5.39 Å². The monoisotopic (exact) mass is 393 g/mol. The Morgan fingerprint density at radius 3 is 2.50 bits per heavy atom. The topological polar surface area (TPSA) is 60.7 Å². The molecule has 0 unspecified atom stereocenters. The summed E-state index contributed by atoms with van der Waals surface area (Å²) in [6.45, 7) is 0. The van der Waals surface area contributed by atoms with E-state index in [1.54, 1.807) is 55.6 Å². The molecule has 0 spiro atoms. The van der Waals surface area contributed by atoms with Crippen molar-refractivity contribution in [3.8, 4) is 17.2 Å². The summed E-state index contributed by atoms with van der Waals surface area (Å²) in [4.78, 5) is 12.5. The van der Waals surface area contributed by atoms with Crippen LogP contribution in [-0.4, -0.2) is 13.0 Å². The number of fused-ring (bicyclic) bond motifs is 1. The molecule has 1 N–H and O–H groups in total. The number of methoxy groups -OCH3 is 1. The van der Waals surface area contributed by atoms with Crippen molar-refractivity contribution in [1.82, 2.24) is 0 Å². The number of carbonyl (C=O) groups is 1. The van der Waals surface area contributed by atoms with Crippen molar-refractivity contribution >= 4 is 34.2 Å². The average Bonchev–Trinajstić information content (AvgIpc) is 3.14. The number of benzene rings is 3. The number of rotatable bonds is 5. The van der Waals surface area contributed by atoms with Crippen LogP contribution >= 0.6 is 11.6 Å². The standard InChI is InChI=1S/C22H16ClNO4/c1-26-19-7-2-4-14-12-20(28-21(14)19)22(25)24-16-8-10-17(11-9-16)27-18-6-3-5-15(23)13-18/h2-13H,1H3,(H,24,25). The predicted octanol–water partition coefficient (Wildman–Crippen LogP) is 6.14. The van der Waals surface area contributed by atoms with Gasteiger partial charge in [-0.1, -0.05) is 29.8 Å². The Morgan fingerprint density at radius 1 is 0.964 bits per heavy atom. The molecule has 5 nitrogen and oxygen atoms in total. The second-order valence-corrected chi connectivity index (χ2v) is 6.46. The predicted molar refractivity (Wildman–Crippen MR) is 109 cm³/mol. The number of halogens is 1. The van der Waals surface area contributed by atoms with Crippen molar-refractivity contribution in [1.29, 1.82) is 0 Å². The molecule has 0 saturated carbocycles. The molecule has 4 aromatic rings. The Hall–Kier alpha value is -3.44. The molecule has 0 saturated heterocycles. The summed E-state index contributed by atoms with van der Waals surface area (Å²) in [6, 6.07) is 21.3. The number of nitrogens with one attached hydrogen (secondary N) is 1. The fraction of sp³-hybridized carbons (Fsp3) is 0.0455. The number of anilines is 1. The van der Waals surface area contributed by atoms with Gasteiger partial charge in [-0.05, 0) is 54.6 Å². The average molecular weight is 394 g/mol. The minimum atomic E-state index is -0.346. The van der Waals surface area contributed by atoms with E-state index in [0.29, 0.717) is 33.5 Å².